The van der Waals surface area contributed by atoms with Crippen LogP contribution in [-0.4, -0.2) is 32.5 Å². The molecule has 4 heteroatoms. The summed E-state index contributed by atoms with van der Waals surface area (Å²) >= 11 is 0. The molecule has 4 nitrogen and oxygen atoms in total. The Morgan fingerprint density at radius 2 is 1.96 bits per heavy atom. The van der Waals surface area contributed by atoms with Crippen molar-refractivity contribution in [2.45, 2.75) is 45.2 Å². The Morgan fingerprint density at radius 3 is 2.68 bits per heavy atom. The Morgan fingerprint density at radius 1 is 1.16 bits per heavy atom. The van der Waals surface area contributed by atoms with Crippen molar-refractivity contribution in [1.29, 1.82) is 0 Å². The van der Waals surface area contributed by atoms with Gasteiger partial charge in [-0.2, -0.15) is 0 Å². The van der Waals surface area contributed by atoms with Crippen LogP contribution in [0.25, 0.3) is 21.9 Å². The van der Waals surface area contributed by atoms with E-state index in [9.17, 15) is 4.79 Å². The third kappa shape index (κ3) is 2.23. The lowest BCUT2D eigenvalue weighted by atomic mass is 10.2. The molecule has 130 valence electrons. The van der Waals surface area contributed by atoms with Gasteiger partial charge in [-0.3, -0.25) is 4.79 Å². The normalized spacial score (nSPS) is 20.9. The van der Waals surface area contributed by atoms with Gasteiger partial charge in [0.15, 0.2) is 0 Å². The van der Waals surface area contributed by atoms with Crippen molar-refractivity contribution in [1.82, 2.24) is 14.0 Å². The highest BCUT2D eigenvalue weighted by molar-refractivity contribution is 6.10. The van der Waals surface area contributed by atoms with E-state index in [-0.39, 0.29) is 5.91 Å². The number of carbonyl (C=O) groups is 1. The van der Waals surface area contributed by atoms with E-state index in [1.54, 1.807) is 0 Å². The van der Waals surface area contributed by atoms with Crippen LogP contribution < -0.4 is 0 Å². The van der Waals surface area contributed by atoms with Crippen LogP contribution in [0.15, 0.2) is 30.3 Å². The monoisotopic (exact) mass is 335 g/mol. The number of hydrogen-bond donors (Lipinski definition) is 0. The molecule has 0 spiro atoms. The number of benzene rings is 1. The zero-order valence-electron chi connectivity index (χ0n) is 15.0. The molecule has 25 heavy (non-hydrogen) atoms. The largest absolute Gasteiger partial charge is 0.339 e. The Labute approximate surface area is 148 Å². The number of nitrogens with zero attached hydrogens (tertiary/aromatic N) is 3. The summed E-state index contributed by atoms with van der Waals surface area (Å²) in [5.74, 6) is 0.989. The standard InChI is InChI=1S/C21H25N3O/c1-14-6-5-11-23(14)21(25)19-12-18-20(22(19)2)16-7-3-4-8-17(16)24(18)13-15-9-10-15/h3-4,7-8,12,14-15H,5-6,9-11,13H2,1-2H3/t14-/m1/s1. The molecule has 2 aliphatic rings. The molecule has 1 atom stereocenters. The minimum absolute atomic E-state index is 0.186. The number of likely N-dealkylation sites (tertiary alicyclic amines) is 1. The van der Waals surface area contributed by atoms with E-state index >= 15 is 0 Å². The molecule has 1 saturated heterocycles. The molecule has 3 heterocycles. The van der Waals surface area contributed by atoms with Crippen LogP contribution in [0.4, 0.5) is 0 Å². The summed E-state index contributed by atoms with van der Waals surface area (Å²) in [4.78, 5) is 15.2. The number of fused-ring (bicyclic) bond motifs is 3. The fraction of sp³-hybridized carbons (Fsp3) is 0.476. The Kier molecular flexibility index (Phi) is 3.24. The quantitative estimate of drug-likeness (QED) is 0.706. The van der Waals surface area contributed by atoms with E-state index in [1.807, 2.05) is 11.9 Å². The number of amides is 1. The molecule has 2 fully saturated rings. The summed E-state index contributed by atoms with van der Waals surface area (Å²) in [6.45, 7) is 4.12. The van der Waals surface area contributed by atoms with Gasteiger partial charge in [0.25, 0.3) is 5.91 Å². The Hall–Kier alpha value is -2.23. The number of carbonyl (C=O) groups excluding carboxylic acids is 1. The van der Waals surface area contributed by atoms with E-state index in [0.717, 1.165) is 37.5 Å². The minimum Gasteiger partial charge on any atom is -0.339 e. The fourth-order valence-corrected chi connectivity index (χ4v) is 4.49. The van der Waals surface area contributed by atoms with E-state index in [4.69, 9.17) is 0 Å². The molecule has 3 aromatic rings. The predicted octanol–water partition coefficient (Wildman–Crippen LogP) is 4.17. The van der Waals surface area contributed by atoms with Crippen LogP contribution in [0.1, 0.15) is 43.1 Å². The molecular formula is C21H25N3O. The number of rotatable bonds is 3. The van der Waals surface area contributed by atoms with Crippen LogP contribution in [0, 0.1) is 5.92 Å². The topological polar surface area (TPSA) is 30.2 Å². The first-order valence-electron chi connectivity index (χ1n) is 9.53. The van der Waals surface area contributed by atoms with E-state index in [0.29, 0.717) is 6.04 Å². The van der Waals surface area contributed by atoms with E-state index < -0.39 is 0 Å². The van der Waals surface area contributed by atoms with Crippen LogP contribution in [-0.2, 0) is 13.6 Å². The van der Waals surface area contributed by atoms with Gasteiger partial charge in [-0.15, -0.1) is 0 Å². The Bertz CT molecular complexity index is 976. The van der Waals surface area contributed by atoms with Crippen molar-refractivity contribution in [2.24, 2.45) is 13.0 Å². The van der Waals surface area contributed by atoms with Gasteiger partial charge in [0.05, 0.1) is 16.6 Å². The molecule has 1 saturated carbocycles. The van der Waals surface area contributed by atoms with Crippen molar-refractivity contribution in [3.63, 3.8) is 0 Å². The van der Waals surface area contributed by atoms with E-state index in [1.165, 1.54) is 34.8 Å². The molecule has 0 radical (unpaired) electrons. The van der Waals surface area contributed by atoms with Gasteiger partial charge in [0, 0.05) is 31.6 Å². The number of aromatic nitrogens is 2. The maximum absolute atomic E-state index is 13.1. The number of hydrogen-bond acceptors (Lipinski definition) is 1. The highest BCUT2D eigenvalue weighted by atomic mass is 16.2. The molecule has 1 aromatic carbocycles. The molecule has 0 bridgehead atoms. The summed E-state index contributed by atoms with van der Waals surface area (Å²) in [7, 11) is 2.05. The fourth-order valence-electron chi connectivity index (χ4n) is 4.49. The third-order valence-electron chi connectivity index (χ3n) is 6.12. The average Bonchev–Trinajstić information content (AvgIpc) is 3.11. The first-order chi connectivity index (χ1) is 12.1. The highest BCUT2D eigenvalue weighted by Gasteiger charge is 2.30. The van der Waals surface area contributed by atoms with Crippen LogP contribution in [0.3, 0.4) is 0 Å². The van der Waals surface area contributed by atoms with Crippen molar-refractivity contribution in [3.05, 3.63) is 36.0 Å². The summed E-state index contributed by atoms with van der Waals surface area (Å²) in [6, 6.07) is 11.1. The zero-order chi connectivity index (χ0) is 17.1. The molecule has 0 N–H and O–H groups in total. The van der Waals surface area contributed by atoms with Crippen molar-refractivity contribution < 1.29 is 4.79 Å². The smallest absolute Gasteiger partial charge is 0.270 e. The predicted molar refractivity (Wildman–Crippen MR) is 101 cm³/mol. The number of aryl methyl sites for hydroxylation is 1. The molecular weight excluding hydrogens is 310 g/mol. The molecule has 2 aromatic heterocycles. The van der Waals surface area contributed by atoms with Gasteiger partial charge in [-0.1, -0.05) is 18.2 Å². The van der Waals surface area contributed by atoms with Crippen LogP contribution >= 0.6 is 0 Å². The average molecular weight is 335 g/mol. The molecule has 0 unspecified atom stereocenters. The molecule has 1 aliphatic heterocycles. The van der Waals surface area contributed by atoms with Gasteiger partial charge in [0.1, 0.15) is 5.69 Å². The first-order valence-corrected chi connectivity index (χ1v) is 9.53. The second kappa shape index (κ2) is 5.38. The first kappa shape index (κ1) is 15.1. The van der Waals surface area contributed by atoms with Gasteiger partial charge < -0.3 is 14.0 Å². The molecule has 1 aliphatic carbocycles. The van der Waals surface area contributed by atoms with Crippen LogP contribution in [0.2, 0.25) is 0 Å². The van der Waals surface area contributed by atoms with Crippen LogP contribution in [0.5, 0.6) is 0 Å². The molecule has 5 rings (SSSR count). The van der Waals surface area contributed by atoms with Crippen molar-refractivity contribution in [3.8, 4) is 0 Å². The second-order valence-corrected chi connectivity index (χ2v) is 7.88. The summed E-state index contributed by atoms with van der Waals surface area (Å²) in [5, 5.41) is 1.26. The maximum Gasteiger partial charge on any atom is 0.270 e. The minimum atomic E-state index is 0.186. The van der Waals surface area contributed by atoms with Crippen molar-refractivity contribution >= 4 is 27.8 Å². The highest BCUT2D eigenvalue weighted by Crippen LogP contribution is 2.37. The van der Waals surface area contributed by atoms with Gasteiger partial charge >= 0.3 is 0 Å². The summed E-state index contributed by atoms with van der Waals surface area (Å²) in [5.41, 5.74) is 4.54. The van der Waals surface area contributed by atoms with Gasteiger partial charge in [0.2, 0.25) is 0 Å². The lowest BCUT2D eigenvalue weighted by Gasteiger charge is -2.21. The Balaban J connectivity index is 1.69. The van der Waals surface area contributed by atoms with E-state index in [2.05, 4.69) is 46.4 Å². The zero-order valence-corrected chi connectivity index (χ0v) is 15.0. The number of para-hydroxylation sites is 1. The third-order valence-corrected chi connectivity index (χ3v) is 6.12. The SMILES string of the molecule is C[C@@H]1CCCN1C(=O)c1cc2c(c3ccccc3n2CC2CC2)n1C. The van der Waals surface area contributed by atoms with Gasteiger partial charge in [-0.05, 0) is 50.7 Å². The lowest BCUT2D eigenvalue weighted by molar-refractivity contribution is 0.0738. The van der Waals surface area contributed by atoms with Gasteiger partial charge in [-0.25, -0.2) is 0 Å². The summed E-state index contributed by atoms with van der Waals surface area (Å²) < 4.78 is 4.56. The lowest BCUT2D eigenvalue weighted by Crippen LogP contribution is -2.34. The second-order valence-electron chi connectivity index (χ2n) is 7.88. The maximum atomic E-state index is 13.1. The van der Waals surface area contributed by atoms with Crippen molar-refractivity contribution in [2.75, 3.05) is 6.54 Å². The summed E-state index contributed by atoms with van der Waals surface area (Å²) in [6.07, 6.45) is 4.90. The molecule has 1 amide bonds.